The van der Waals surface area contributed by atoms with E-state index in [0.29, 0.717) is 11.3 Å². The van der Waals surface area contributed by atoms with Gasteiger partial charge in [-0.1, -0.05) is 31.4 Å². The molecule has 1 aromatic rings. The normalized spacial score (nSPS) is 12.1. The number of benzene rings is 1. The number of anilines is 1. The van der Waals surface area contributed by atoms with Crippen molar-refractivity contribution in [1.29, 1.82) is 0 Å². The fourth-order valence-corrected chi connectivity index (χ4v) is 3.20. The molecule has 0 aliphatic heterocycles. The molecule has 0 aromatic heterocycles. The Morgan fingerprint density at radius 3 is 2.56 bits per heavy atom. The van der Waals surface area contributed by atoms with Crippen molar-refractivity contribution in [3.8, 4) is 0 Å². The van der Waals surface area contributed by atoms with Crippen LogP contribution in [0.3, 0.4) is 0 Å². The maximum atomic E-state index is 14.0. The van der Waals surface area contributed by atoms with Gasteiger partial charge in [0, 0.05) is 11.3 Å². The molecule has 140 valence electrons. The number of unbranched alkanes of at least 4 members (excludes halogenated alkanes) is 2. The van der Waals surface area contributed by atoms with Crippen molar-refractivity contribution in [1.82, 2.24) is 0 Å². The number of ether oxygens (including phenoxy) is 1. The summed E-state index contributed by atoms with van der Waals surface area (Å²) in [6.45, 7) is 7.28. The highest BCUT2D eigenvalue weighted by Gasteiger charge is 2.20. The maximum absolute atomic E-state index is 14.0. The molecular formula is C18H25ClFNO3S. The Labute approximate surface area is 157 Å². The van der Waals surface area contributed by atoms with Crippen LogP contribution >= 0.6 is 23.4 Å². The molecule has 0 saturated heterocycles. The first-order chi connectivity index (χ1) is 11.7. The molecule has 0 bridgehead atoms. The predicted octanol–water partition coefficient (Wildman–Crippen LogP) is 5.43. The molecule has 7 heteroatoms. The fraction of sp³-hybridized carbons (Fsp3) is 0.556. The standard InChI is InChI=1S/C18H25ClFNO3S/c1-5-6-7-8-17(22)21-15-10-16(13(19)9-14(15)20)25-12(4)18(23)24-11(2)3/h9-12H,5-8H2,1-4H3,(H,21,22). The average molecular weight is 390 g/mol. The van der Waals surface area contributed by atoms with E-state index in [1.54, 1.807) is 20.8 Å². The molecule has 1 unspecified atom stereocenters. The first-order valence-corrected chi connectivity index (χ1v) is 9.66. The zero-order valence-corrected chi connectivity index (χ0v) is 16.6. The summed E-state index contributed by atoms with van der Waals surface area (Å²) in [6, 6.07) is 2.60. The molecular weight excluding hydrogens is 365 g/mol. The number of esters is 1. The molecule has 4 nitrogen and oxygen atoms in total. The predicted molar refractivity (Wildman–Crippen MR) is 101 cm³/mol. The highest BCUT2D eigenvalue weighted by atomic mass is 35.5. The van der Waals surface area contributed by atoms with Gasteiger partial charge >= 0.3 is 5.97 Å². The van der Waals surface area contributed by atoms with Gasteiger partial charge in [-0.2, -0.15) is 0 Å². The molecule has 0 fully saturated rings. The maximum Gasteiger partial charge on any atom is 0.319 e. The van der Waals surface area contributed by atoms with Crippen LogP contribution in [0.4, 0.5) is 10.1 Å². The third-order valence-electron chi connectivity index (χ3n) is 3.29. The quantitative estimate of drug-likeness (QED) is 0.347. The van der Waals surface area contributed by atoms with Crippen molar-refractivity contribution in [2.75, 3.05) is 5.32 Å². The molecule has 0 saturated carbocycles. The lowest BCUT2D eigenvalue weighted by Crippen LogP contribution is -2.20. The van der Waals surface area contributed by atoms with Crippen LogP contribution in [0.5, 0.6) is 0 Å². The molecule has 0 radical (unpaired) electrons. The Morgan fingerprint density at radius 1 is 1.28 bits per heavy atom. The van der Waals surface area contributed by atoms with Crippen molar-refractivity contribution in [2.45, 2.75) is 69.6 Å². The summed E-state index contributed by atoms with van der Waals surface area (Å²) in [5.41, 5.74) is 0.0674. The summed E-state index contributed by atoms with van der Waals surface area (Å²) in [5, 5.41) is 2.26. The molecule has 0 heterocycles. The number of hydrogen-bond acceptors (Lipinski definition) is 4. The second-order valence-electron chi connectivity index (χ2n) is 6.01. The smallest absolute Gasteiger partial charge is 0.319 e. The first kappa shape index (κ1) is 21.8. The Bertz CT molecular complexity index is 610. The summed E-state index contributed by atoms with van der Waals surface area (Å²) >= 11 is 7.24. The van der Waals surface area contributed by atoms with E-state index in [0.717, 1.165) is 25.3 Å². The highest BCUT2D eigenvalue weighted by Crippen LogP contribution is 2.35. The minimum atomic E-state index is -0.601. The van der Waals surface area contributed by atoms with Gasteiger partial charge in [-0.3, -0.25) is 9.59 Å². The summed E-state index contributed by atoms with van der Waals surface area (Å²) in [5.74, 6) is -1.21. The molecule has 1 N–H and O–H groups in total. The summed E-state index contributed by atoms with van der Waals surface area (Å²) < 4.78 is 19.2. The van der Waals surface area contributed by atoms with Crippen LogP contribution in [0, 0.1) is 5.82 Å². The summed E-state index contributed by atoms with van der Waals surface area (Å²) in [6.07, 6.45) is 2.85. The van der Waals surface area contributed by atoms with E-state index in [-0.39, 0.29) is 28.7 Å². The summed E-state index contributed by atoms with van der Waals surface area (Å²) in [7, 11) is 0. The lowest BCUT2D eigenvalue weighted by molar-refractivity contribution is -0.146. The largest absolute Gasteiger partial charge is 0.462 e. The second kappa shape index (κ2) is 10.7. The molecule has 1 amide bonds. The van der Waals surface area contributed by atoms with Gasteiger partial charge in [-0.15, -0.1) is 11.8 Å². The van der Waals surface area contributed by atoms with E-state index in [2.05, 4.69) is 5.32 Å². The summed E-state index contributed by atoms with van der Waals surface area (Å²) in [4.78, 5) is 24.3. The number of carbonyl (C=O) groups is 2. The molecule has 0 aliphatic carbocycles. The van der Waals surface area contributed by atoms with Crippen molar-refractivity contribution < 1.29 is 18.7 Å². The minimum Gasteiger partial charge on any atom is -0.462 e. The van der Waals surface area contributed by atoms with Crippen LogP contribution < -0.4 is 5.32 Å². The Balaban J connectivity index is 2.81. The second-order valence-corrected chi connectivity index (χ2v) is 7.80. The highest BCUT2D eigenvalue weighted by molar-refractivity contribution is 8.00. The van der Waals surface area contributed by atoms with Crippen molar-refractivity contribution in [2.24, 2.45) is 0 Å². The zero-order valence-electron chi connectivity index (χ0n) is 15.0. The number of halogens is 2. The third kappa shape index (κ3) is 7.65. The zero-order chi connectivity index (χ0) is 19.0. The van der Waals surface area contributed by atoms with Gasteiger partial charge in [0.1, 0.15) is 11.1 Å². The Morgan fingerprint density at radius 2 is 1.96 bits per heavy atom. The fourth-order valence-electron chi connectivity index (χ4n) is 2.03. The van der Waals surface area contributed by atoms with Gasteiger partial charge in [-0.05, 0) is 39.3 Å². The van der Waals surface area contributed by atoms with E-state index in [9.17, 15) is 14.0 Å². The number of amides is 1. The van der Waals surface area contributed by atoms with Gasteiger partial charge in [-0.25, -0.2) is 4.39 Å². The van der Waals surface area contributed by atoms with E-state index >= 15 is 0 Å². The van der Waals surface area contributed by atoms with Gasteiger partial charge in [0.25, 0.3) is 0 Å². The number of nitrogens with one attached hydrogen (secondary N) is 1. The van der Waals surface area contributed by atoms with Crippen LogP contribution in [0.25, 0.3) is 0 Å². The molecule has 1 atom stereocenters. The van der Waals surface area contributed by atoms with E-state index in [1.165, 1.54) is 17.8 Å². The average Bonchev–Trinajstić information content (AvgIpc) is 2.51. The van der Waals surface area contributed by atoms with Crippen molar-refractivity contribution in [3.05, 3.63) is 23.0 Å². The van der Waals surface area contributed by atoms with Crippen LogP contribution in [-0.4, -0.2) is 23.2 Å². The number of rotatable bonds is 9. The molecule has 0 aliphatic rings. The van der Waals surface area contributed by atoms with E-state index in [4.69, 9.17) is 16.3 Å². The lowest BCUT2D eigenvalue weighted by atomic mass is 10.2. The molecule has 1 rings (SSSR count). The van der Waals surface area contributed by atoms with Gasteiger partial charge in [0.05, 0.1) is 16.8 Å². The monoisotopic (exact) mass is 389 g/mol. The number of thioether (sulfide) groups is 1. The van der Waals surface area contributed by atoms with Crippen LogP contribution in [-0.2, 0) is 14.3 Å². The van der Waals surface area contributed by atoms with Crippen LogP contribution in [0.15, 0.2) is 17.0 Å². The Hall–Kier alpha value is -1.27. The lowest BCUT2D eigenvalue weighted by Gasteiger charge is -2.15. The van der Waals surface area contributed by atoms with Gasteiger partial charge in [0.2, 0.25) is 5.91 Å². The molecule has 1 aromatic carbocycles. The van der Waals surface area contributed by atoms with E-state index < -0.39 is 11.1 Å². The topological polar surface area (TPSA) is 55.4 Å². The van der Waals surface area contributed by atoms with Gasteiger partial charge in [0.15, 0.2) is 0 Å². The third-order valence-corrected chi connectivity index (χ3v) is 4.85. The Kier molecular flexibility index (Phi) is 9.28. The molecule has 0 spiro atoms. The van der Waals surface area contributed by atoms with Crippen molar-refractivity contribution in [3.63, 3.8) is 0 Å². The first-order valence-electron chi connectivity index (χ1n) is 8.40. The SMILES string of the molecule is CCCCCC(=O)Nc1cc(SC(C)C(=O)OC(C)C)c(Cl)cc1F. The van der Waals surface area contributed by atoms with Crippen LogP contribution in [0.1, 0.15) is 53.4 Å². The molecule has 25 heavy (non-hydrogen) atoms. The minimum absolute atomic E-state index is 0.0674. The van der Waals surface area contributed by atoms with Gasteiger partial charge < -0.3 is 10.1 Å². The number of carbonyl (C=O) groups excluding carboxylic acids is 2. The number of hydrogen-bond donors (Lipinski definition) is 1. The van der Waals surface area contributed by atoms with Crippen molar-refractivity contribution >= 4 is 40.9 Å². The van der Waals surface area contributed by atoms with E-state index in [1.807, 2.05) is 6.92 Å². The van der Waals surface area contributed by atoms with Crippen LogP contribution in [0.2, 0.25) is 5.02 Å².